The number of likely N-dealkylation sites (tertiary alicyclic amines) is 1. The van der Waals surface area contributed by atoms with Crippen LogP contribution in [0, 0.1) is 5.92 Å². The summed E-state index contributed by atoms with van der Waals surface area (Å²) in [5.41, 5.74) is 1.42. The van der Waals surface area contributed by atoms with Crippen LogP contribution in [-0.2, 0) is 4.79 Å². The van der Waals surface area contributed by atoms with E-state index < -0.39 is 0 Å². The Morgan fingerprint density at radius 2 is 1.57 bits per heavy atom. The van der Waals surface area contributed by atoms with Gasteiger partial charge in [0.1, 0.15) is 0 Å². The van der Waals surface area contributed by atoms with Crippen LogP contribution in [0.2, 0.25) is 0 Å². The Hall–Kier alpha value is -3.22. The third-order valence-electron chi connectivity index (χ3n) is 4.83. The molecular formula is C21H25N3O4. The van der Waals surface area contributed by atoms with Gasteiger partial charge in [0.25, 0.3) is 0 Å². The molecule has 0 unspecified atom stereocenters. The molecule has 0 radical (unpaired) electrons. The monoisotopic (exact) mass is 383 g/mol. The molecule has 2 aromatic rings. The number of hydrogen-bond acceptors (Lipinski definition) is 4. The zero-order chi connectivity index (χ0) is 19.9. The zero-order valence-electron chi connectivity index (χ0n) is 16.1. The number of nitrogens with one attached hydrogen (secondary N) is 2. The Bertz CT molecular complexity index is 818. The third-order valence-corrected chi connectivity index (χ3v) is 4.83. The first-order valence-electron chi connectivity index (χ1n) is 9.24. The highest BCUT2D eigenvalue weighted by Gasteiger charge is 2.27. The van der Waals surface area contributed by atoms with Gasteiger partial charge in [0.2, 0.25) is 5.91 Å². The molecule has 1 saturated heterocycles. The highest BCUT2D eigenvalue weighted by atomic mass is 16.5. The van der Waals surface area contributed by atoms with Gasteiger partial charge in [-0.1, -0.05) is 18.2 Å². The second-order valence-corrected chi connectivity index (χ2v) is 6.62. The zero-order valence-corrected chi connectivity index (χ0v) is 16.1. The number of rotatable bonds is 5. The van der Waals surface area contributed by atoms with Crippen LogP contribution in [0.5, 0.6) is 11.5 Å². The molecule has 0 spiro atoms. The summed E-state index contributed by atoms with van der Waals surface area (Å²) in [6, 6.07) is 14.5. The van der Waals surface area contributed by atoms with Crippen LogP contribution in [-0.4, -0.2) is 44.1 Å². The van der Waals surface area contributed by atoms with Crippen molar-refractivity contribution in [1.82, 2.24) is 4.90 Å². The maximum absolute atomic E-state index is 12.6. The van der Waals surface area contributed by atoms with Gasteiger partial charge in [0.05, 0.1) is 14.2 Å². The summed E-state index contributed by atoms with van der Waals surface area (Å²) in [6.07, 6.45) is 1.25. The number of piperidine rings is 1. The van der Waals surface area contributed by atoms with Gasteiger partial charge in [-0.3, -0.25) is 4.79 Å². The van der Waals surface area contributed by atoms with Crippen LogP contribution in [0.15, 0.2) is 48.5 Å². The normalized spacial score (nSPS) is 14.3. The number of para-hydroxylation sites is 1. The first-order chi connectivity index (χ1) is 13.6. The smallest absolute Gasteiger partial charge is 0.321 e. The van der Waals surface area contributed by atoms with Crippen molar-refractivity contribution < 1.29 is 19.1 Å². The fraction of sp³-hybridized carbons (Fsp3) is 0.333. The summed E-state index contributed by atoms with van der Waals surface area (Å²) in [5, 5.41) is 5.81. The molecule has 148 valence electrons. The number of urea groups is 1. The molecule has 0 atom stereocenters. The molecule has 0 aromatic heterocycles. The van der Waals surface area contributed by atoms with Crippen molar-refractivity contribution in [3.05, 3.63) is 48.5 Å². The fourth-order valence-corrected chi connectivity index (χ4v) is 3.23. The van der Waals surface area contributed by atoms with Gasteiger partial charge in [0.15, 0.2) is 11.5 Å². The minimum atomic E-state index is -0.134. The van der Waals surface area contributed by atoms with E-state index in [-0.39, 0.29) is 17.9 Å². The van der Waals surface area contributed by atoms with E-state index in [2.05, 4.69) is 10.6 Å². The number of benzene rings is 2. The van der Waals surface area contributed by atoms with Crippen molar-refractivity contribution in [2.24, 2.45) is 5.92 Å². The van der Waals surface area contributed by atoms with Crippen LogP contribution in [0.3, 0.4) is 0 Å². The standard InChI is InChI=1S/C21H25N3O4/c1-27-18-9-8-17(14-19(18)28-2)22-20(25)15-10-12-24(13-11-15)21(26)23-16-6-4-3-5-7-16/h3-9,14-15H,10-13H2,1-2H3,(H,22,25)(H,23,26). The summed E-state index contributed by atoms with van der Waals surface area (Å²) in [5.74, 6) is 0.996. The maximum Gasteiger partial charge on any atom is 0.321 e. The van der Waals surface area contributed by atoms with Gasteiger partial charge in [0, 0.05) is 36.4 Å². The summed E-state index contributed by atoms with van der Waals surface area (Å²) in [7, 11) is 3.12. The molecule has 7 heteroatoms. The van der Waals surface area contributed by atoms with Crippen LogP contribution >= 0.6 is 0 Å². The Labute approximate surface area is 164 Å². The predicted octanol–water partition coefficient (Wildman–Crippen LogP) is 3.59. The fourth-order valence-electron chi connectivity index (χ4n) is 3.23. The van der Waals surface area contributed by atoms with Crippen LogP contribution in [0.25, 0.3) is 0 Å². The van der Waals surface area contributed by atoms with E-state index in [0.29, 0.717) is 43.1 Å². The lowest BCUT2D eigenvalue weighted by Gasteiger charge is -2.31. The van der Waals surface area contributed by atoms with Gasteiger partial charge in [-0.2, -0.15) is 0 Å². The molecule has 28 heavy (non-hydrogen) atoms. The molecule has 7 nitrogen and oxygen atoms in total. The SMILES string of the molecule is COc1ccc(NC(=O)C2CCN(C(=O)Nc3ccccc3)CC2)cc1OC. The van der Waals surface area contributed by atoms with E-state index in [1.165, 1.54) is 0 Å². The second kappa shape index (κ2) is 9.12. The molecule has 0 aliphatic carbocycles. The number of ether oxygens (including phenoxy) is 2. The van der Waals surface area contributed by atoms with E-state index in [1.54, 1.807) is 37.3 Å². The van der Waals surface area contributed by atoms with E-state index in [1.807, 2.05) is 30.3 Å². The van der Waals surface area contributed by atoms with Crippen molar-refractivity contribution in [2.45, 2.75) is 12.8 Å². The van der Waals surface area contributed by atoms with Gasteiger partial charge >= 0.3 is 6.03 Å². The number of methoxy groups -OCH3 is 2. The number of anilines is 2. The number of nitrogens with zero attached hydrogens (tertiary/aromatic N) is 1. The molecule has 1 heterocycles. The predicted molar refractivity (Wildman–Crippen MR) is 108 cm³/mol. The van der Waals surface area contributed by atoms with Crippen molar-refractivity contribution in [3.63, 3.8) is 0 Å². The molecule has 1 aliphatic heterocycles. The summed E-state index contributed by atoms with van der Waals surface area (Å²) in [6.45, 7) is 1.09. The van der Waals surface area contributed by atoms with Crippen LogP contribution < -0.4 is 20.1 Å². The molecule has 1 fully saturated rings. The molecule has 3 rings (SSSR count). The molecule has 1 aliphatic rings. The number of carbonyl (C=O) groups is 2. The number of amides is 3. The van der Waals surface area contributed by atoms with E-state index >= 15 is 0 Å². The lowest BCUT2D eigenvalue weighted by atomic mass is 9.96. The molecule has 2 N–H and O–H groups in total. The Balaban J connectivity index is 1.52. The topological polar surface area (TPSA) is 79.9 Å². The highest BCUT2D eigenvalue weighted by molar-refractivity contribution is 5.93. The largest absolute Gasteiger partial charge is 0.493 e. The average Bonchev–Trinajstić information content (AvgIpc) is 2.74. The molecule has 0 bridgehead atoms. The quantitative estimate of drug-likeness (QED) is 0.827. The van der Waals surface area contributed by atoms with Crippen LogP contribution in [0.4, 0.5) is 16.2 Å². The second-order valence-electron chi connectivity index (χ2n) is 6.62. The first-order valence-corrected chi connectivity index (χ1v) is 9.24. The Kier molecular flexibility index (Phi) is 6.37. The Morgan fingerprint density at radius 3 is 2.21 bits per heavy atom. The first kappa shape index (κ1) is 19.5. The lowest BCUT2D eigenvalue weighted by Crippen LogP contribution is -2.43. The molecule has 0 saturated carbocycles. The van der Waals surface area contributed by atoms with Crippen molar-refractivity contribution in [3.8, 4) is 11.5 Å². The lowest BCUT2D eigenvalue weighted by molar-refractivity contribution is -0.121. The Morgan fingerprint density at radius 1 is 0.893 bits per heavy atom. The van der Waals surface area contributed by atoms with E-state index in [9.17, 15) is 9.59 Å². The van der Waals surface area contributed by atoms with Crippen molar-refractivity contribution in [1.29, 1.82) is 0 Å². The minimum Gasteiger partial charge on any atom is -0.493 e. The van der Waals surface area contributed by atoms with E-state index in [4.69, 9.17) is 9.47 Å². The van der Waals surface area contributed by atoms with Crippen molar-refractivity contribution in [2.75, 3.05) is 37.9 Å². The summed E-state index contributed by atoms with van der Waals surface area (Å²) in [4.78, 5) is 26.7. The summed E-state index contributed by atoms with van der Waals surface area (Å²) < 4.78 is 10.5. The van der Waals surface area contributed by atoms with E-state index in [0.717, 1.165) is 5.69 Å². The van der Waals surface area contributed by atoms with Gasteiger partial charge in [-0.25, -0.2) is 4.79 Å². The van der Waals surface area contributed by atoms with Gasteiger partial charge in [-0.05, 0) is 37.1 Å². The summed E-state index contributed by atoms with van der Waals surface area (Å²) >= 11 is 0. The van der Waals surface area contributed by atoms with Crippen molar-refractivity contribution >= 4 is 23.3 Å². The van der Waals surface area contributed by atoms with Gasteiger partial charge in [-0.15, -0.1) is 0 Å². The number of carbonyl (C=O) groups excluding carboxylic acids is 2. The highest BCUT2D eigenvalue weighted by Crippen LogP contribution is 2.30. The number of hydrogen-bond donors (Lipinski definition) is 2. The maximum atomic E-state index is 12.6. The van der Waals surface area contributed by atoms with Gasteiger partial charge < -0.3 is 25.0 Å². The molecular weight excluding hydrogens is 358 g/mol. The minimum absolute atomic E-state index is 0.0460. The van der Waals surface area contributed by atoms with Crippen LogP contribution in [0.1, 0.15) is 12.8 Å². The molecule has 2 aromatic carbocycles. The average molecular weight is 383 g/mol. The molecule has 3 amide bonds. The third kappa shape index (κ3) is 4.73.